The van der Waals surface area contributed by atoms with Gasteiger partial charge in [-0.05, 0) is 49.6 Å². The van der Waals surface area contributed by atoms with Gasteiger partial charge < -0.3 is 4.90 Å². The molecule has 0 aliphatic carbocycles. The molecular formula is C25H19F2N7. The second-order valence-corrected chi connectivity index (χ2v) is 8.28. The summed E-state index contributed by atoms with van der Waals surface area (Å²) in [6.45, 7) is 2.36. The van der Waals surface area contributed by atoms with Crippen LogP contribution in [0, 0.1) is 30.4 Å². The lowest BCUT2D eigenvalue weighted by Gasteiger charge is -2.32. The molecule has 3 aromatic heterocycles. The number of benzene rings is 2. The highest BCUT2D eigenvalue weighted by Crippen LogP contribution is 2.39. The van der Waals surface area contributed by atoms with Crippen molar-refractivity contribution in [1.29, 1.82) is 0 Å². The molecule has 0 amide bonds. The zero-order chi connectivity index (χ0) is 23.4. The first-order valence-electron chi connectivity index (χ1n) is 10.9. The summed E-state index contributed by atoms with van der Waals surface area (Å²) >= 11 is 0. The second kappa shape index (κ2) is 7.63. The van der Waals surface area contributed by atoms with Gasteiger partial charge in [0.1, 0.15) is 11.6 Å². The fourth-order valence-corrected chi connectivity index (χ4v) is 4.58. The number of fused-ring (bicyclic) bond motifs is 4. The average Bonchev–Trinajstić information content (AvgIpc) is 3.44. The van der Waals surface area contributed by atoms with Gasteiger partial charge in [0.15, 0.2) is 11.6 Å². The number of halogens is 2. The molecule has 34 heavy (non-hydrogen) atoms. The van der Waals surface area contributed by atoms with E-state index in [1.54, 1.807) is 28.3 Å². The number of hydrogen-bond donors (Lipinski definition) is 0. The Bertz CT molecular complexity index is 1660. The van der Waals surface area contributed by atoms with Crippen molar-refractivity contribution in [2.24, 2.45) is 7.05 Å². The van der Waals surface area contributed by atoms with E-state index in [1.807, 2.05) is 36.3 Å². The Labute approximate surface area is 193 Å². The Kier molecular flexibility index (Phi) is 4.55. The second-order valence-electron chi connectivity index (χ2n) is 8.28. The summed E-state index contributed by atoms with van der Waals surface area (Å²) in [5.41, 5.74) is 4.12. The normalized spacial score (nSPS) is 13.2. The van der Waals surface area contributed by atoms with Crippen LogP contribution in [0.1, 0.15) is 28.9 Å². The minimum atomic E-state index is -0.936. The molecular weight excluding hydrogens is 436 g/mol. The molecule has 0 spiro atoms. The lowest BCUT2D eigenvalue weighted by atomic mass is 9.96. The molecule has 168 valence electrons. The van der Waals surface area contributed by atoms with Gasteiger partial charge in [-0.1, -0.05) is 17.9 Å². The van der Waals surface area contributed by atoms with Crippen LogP contribution in [0.25, 0.3) is 16.7 Å². The quantitative estimate of drug-likeness (QED) is 0.357. The highest BCUT2D eigenvalue weighted by atomic mass is 19.2. The van der Waals surface area contributed by atoms with Gasteiger partial charge in [0.25, 0.3) is 5.78 Å². The molecule has 0 radical (unpaired) electrons. The van der Waals surface area contributed by atoms with Crippen molar-refractivity contribution in [3.63, 3.8) is 0 Å². The average molecular weight is 455 g/mol. The van der Waals surface area contributed by atoms with Gasteiger partial charge >= 0.3 is 0 Å². The minimum Gasteiger partial charge on any atom is -0.325 e. The van der Waals surface area contributed by atoms with Crippen LogP contribution in [0.3, 0.4) is 0 Å². The zero-order valence-electron chi connectivity index (χ0n) is 18.5. The van der Waals surface area contributed by atoms with Gasteiger partial charge in [-0.25, -0.2) is 8.78 Å². The molecule has 0 bridgehead atoms. The maximum absolute atomic E-state index is 15.2. The predicted molar refractivity (Wildman–Crippen MR) is 124 cm³/mol. The van der Waals surface area contributed by atoms with Gasteiger partial charge in [-0.3, -0.25) is 9.08 Å². The van der Waals surface area contributed by atoms with Crippen LogP contribution in [0.4, 0.5) is 20.3 Å². The third-order valence-electron chi connectivity index (χ3n) is 6.10. The lowest BCUT2D eigenvalue weighted by Crippen LogP contribution is -2.26. The topological polar surface area (TPSA) is 64.1 Å². The molecule has 1 aliphatic heterocycles. The summed E-state index contributed by atoms with van der Waals surface area (Å²) in [4.78, 5) is 6.57. The van der Waals surface area contributed by atoms with Crippen LogP contribution >= 0.6 is 0 Å². The molecule has 1 aliphatic rings. The highest BCUT2D eigenvalue weighted by Gasteiger charge is 2.27. The molecule has 4 heterocycles. The van der Waals surface area contributed by atoms with Crippen molar-refractivity contribution in [3.8, 4) is 11.8 Å². The summed E-state index contributed by atoms with van der Waals surface area (Å²) < 4.78 is 32.9. The summed E-state index contributed by atoms with van der Waals surface area (Å²) in [7, 11) is 1.85. The van der Waals surface area contributed by atoms with E-state index in [2.05, 4.69) is 32.1 Å². The molecule has 0 N–H and O–H groups in total. The van der Waals surface area contributed by atoms with Crippen LogP contribution in [0.15, 0.2) is 42.7 Å². The van der Waals surface area contributed by atoms with E-state index in [9.17, 15) is 4.39 Å². The molecule has 0 atom stereocenters. The van der Waals surface area contributed by atoms with Crippen LogP contribution in [-0.2, 0) is 13.5 Å². The fraction of sp³-hybridized carbons (Fsp3) is 0.200. The van der Waals surface area contributed by atoms with Crippen molar-refractivity contribution >= 4 is 28.2 Å². The predicted octanol–water partition coefficient (Wildman–Crippen LogP) is 4.08. The van der Waals surface area contributed by atoms with Crippen molar-refractivity contribution in [2.75, 3.05) is 11.4 Å². The summed E-state index contributed by atoms with van der Waals surface area (Å²) in [6.07, 6.45) is 5.22. The number of aromatic nitrogens is 6. The monoisotopic (exact) mass is 455 g/mol. The van der Waals surface area contributed by atoms with Crippen LogP contribution in [-0.4, -0.2) is 35.9 Å². The molecule has 5 aromatic rings. The Morgan fingerprint density at radius 1 is 1.06 bits per heavy atom. The third kappa shape index (κ3) is 3.10. The first-order chi connectivity index (χ1) is 16.5. The lowest BCUT2D eigenvalue weighted by molar-refractivity contribution is 0.516. The number of hydrogen-bond acceptors (Lipinski definition) is 5. The van der Waals surface area contributed by atoms with Gasteiger partial charge in [0, 0.05) is 31.0 Å². The molecule has 9 heteroatoms. The Hall–Kier alpha value is -4.32. The number of aryl methyl sites for hydroxylation is 2. The Morgan fingerprint density at radius 3 is 2.76 bits per heavy atom. The molecule has 6 rings (SSSR count). The Balaban J connectivity index is 1.56. The van der Waals surface area contributed by atoms with Crippen LogP contribution in [0.5, 0.6) is 0 Å². The smallest absolute Gasteiger partial charge is 0.257 e. The van der Waals surface area contributed by atoms with Crippen LogP contribution < -0.4 is 4.90 Å². The molecule has 0 fully saturated rings. The maximum atomic E-state index is 15.2. The minimum absolute atomic E-state index is 0.107. The van der Waals surface area contributed by atoms with E-state index in [-0.39, 0.29) is 5.39 Å². The number of anilines is 2. The number of nitrogens with zero attached hydrogens (tertiary/aromatic N) is 7. The van der Waals surface area contributed by atoms with E-state index in [0.717, 1.165) is 41.3 Å². The molecule has 2 aromatic carbocycles. The van der Waals surface area contributed by atoms with E-state index in [1.165, 1.54) is 0 Å². The van der Waals surface area contributed by atoms with Crippen molar-refractivity contribution in [2.45, 2.75) is 19.8 Å². The highest BCUT2D eigenvalue weighted by molar-refractivity contribution is 5.94. The van der Waals surface area contributed by atoms with E-state index >= 15 is 4.39 Å². The van der Waals surface area contributed by atoms with E-state index < -0.39 is 11.6 Å². The first-order valence-corrected chi connectivity index (χ1v) is 10.9. The van der Waals surface area contributed by atoms with Crippen molar-refractivity contribution in [1.82, 2.24) is 29.4 Å². The first kappa shape index (κ1) is 20.3. The molecule has 0 saturated carbocycles. The van der Waals surface area contributed by atoms with E-state index in [4.69, 9.17) is 0 Å². The Morgan fingerprint density at radius 2 is 1.94 bits per heavy atom. The third-order valence-corrected chi connectivity index (χ3v) is 6.10. The van der Waals surface area contributed by atoms with Gasteiger partial charge in [0.05, 0.1) is 22.7 Å². The van der Waals surface area contributed by atoms with Gasteiger partial charge in [0.2, 0.25) is 0 Å². The van der Waals surface area contributed by atoms with Gasteiger partial charge in [-0.2, -0.15) is 10.1 Å². The zero-order valence-corrected chi connectivity index (χ0v) is 18.5. The fourth-order valence-electron chi connectivity index (χ4n) is 4.58. The summed E-state index contributed by atoms with van der Waals surface area (Å²) in [5, 5.41) is 12.5. The standard InChI is InChI=1S/C25H19F2N7/c1-15-30-31-25-29-24(22-21(34(15)25)11-10-19(26)23(22)27)33-12-4-6-18-17(5-3-7-20(18)33)9-8-16-13-28-32(2)14-16/h3,5,7,10-11,13-14H,4,6,12H2,1-2H3. The molecule has 0 unspecified atom stereocenters. The summed E-state index contributed by atoms with van der Waals surface area (Å²) in [5.74, 6) is 5.77. The molecule has 7 nitrogen and oxygen atoms in total. The van der Waals surface area contributed by atoms with E-state index in [0.29, 0.717) is 29.5 Å². The summed E-state index contributed by atoms with van der Waals surface area (Å²) in [6, 6.07) is 8.53. The number of rotatable bonds is 1. The van der Waals surface area contributed by atoms with Crippen molar-refractivity contribution in [3.05, 3.63) is 76.9 Å². The molecule has 0 saturated heterocycles. The SMILES string of the molecule is Cc1nnc2nc(N3CCCc4c(C#Cc5cnn(C)c5)cccc43)c3c(F)c(F)ccc3n12. The van der Waals surface area contributed by atoms with Crippen molar-refractivity contribution < 1.29 is 8.78 Å². The van der Waals surface area contributed by atoms with Crippen LogP contribution in [0.2, 0.25) is 0 Å². The maximum Gasteiger partial charge on any atom is 0.257 e. The van der Waals surface area contributed by atoms with Gasteiger partial charge in [-0.15, -0.1) is 10.2 Å². The largest absolute Gasteiger partial charge is 0.325 e.